The fraction of sp³-hybridized carbons (Fsp3) is 0.250. The summed E-state index contributed by atoms with van der Waals surface area (Å²) in [6.07, 6.45) is 15.1. The third kappa shape index (κ3) is 17.6. The molecule has 13 heteroatoms. The van der Waals surface area contributed by atoms with Gasteiger partial charge in [0.25, 0.3) is 0 Å². The van der Waals surface area contributed by atoms with Gasteiger partial charge in [-0.2, -0.15) is 0 Å². The van der Waals surface area contributed by atoms with Gasteiger partial charge in [0.2, 0.25) is 9.84 Å². The second kappa shape index (κ2) is 25.7. The van der Waals surface area contributed by atoms with E-state index in [0.29, 0.717) is 37.9 Å². The number of ether oxygens (including phenoxy) is 6. The lowest BCUT2D eigenvalue weighted by atomic mass is 10.2. The number of sulfone groups is 1. The van der Waals surface area contributed by atoms with Crippen molar-refractivity contribution in [3.63, 3.8) is 0 Å². The molecule has 0 atom stereocenters. The monoisotopic (exact) mass is 850 g/mol. The van der Waals surface area contributed by atoms with Gasteiger partial charge in [0, 0.05) is 24.3 Å². The number of hydrogen-bond acceptors (Lipinski definition) is 12. The molecule has 4 aromatic rings. The fourth-order valence-electron chi connectivity index (χ4n) is 5.45. The minimum absolute atomic E-state index is 0.0125. The summed E-state index contributed by atoms with van der Waals surface area (Å²) in [4.78, 5) is 47.0. The summed E-state index contributed by atoms with van der Waals surface area (Å²) in [5.41, 5.74) is 1.52. The number of rotatable bonds is 26. The van der Waals surface area contributed by atoms with Crippen LogP contribution >= 0.6 is 0 Å². The lowest BCUT2D eigenvalue weighted by Gasteiger charge is -2.08. The van der Waals surface area contributed by atoms with Gasteiger partial charge >= 0.3 is 23.9 Å². The maximum atomic E-state index is 13.3. The standard InChI is InChI=1S/C48H50O12S/c1-3-45(49)57-35-11-7-5-9-33-55-39-19-13-37(14-20-39)17-31-47(51)59-41-23-27-43(28-24-41)61(53,54)44-29-25-42(26-30-44)60-48(52)32-18-38-15-21-40(22-16-38)56-34-10-6-8-12-36-58-46(50)4-2/h3-4,13-32H,1-2,5-12,33-36H2. The van der Waals surface area contributed by atoms with Gasteiger partial charge in [-0.1, -0.05) is 37.4 Å². The molecule has 0 aliphatic rings. The Morgan fingerprint density at radius 2 is 0.754 bits per heavy atom. The van der Waals surface area contributed by atoms with Crippen LogP contribution in [-0.2, 0) is 38.5 Å². The molecule has 0 aliphatic carbocycles. The molecule has 320 valence electrons. The number of unbranched alkanes of at least 4 members (excludes halogenated alkanes) is 6. The predicted molar refractivity (Wildman–Crippen MR) is 231 cm³/mol. The number of esters is 4. The van der Waals surface area contributed by atoms with Crippen LogP contribution in [0.4, 0.5) is 0 Å². The number of hydrogen-bond donors (Lipinski definition) is 0. The molecule has 61 heavy (non-hydrogen) atoms. The van der Waals surface area contributed by atoms with Crippen LogP contribution in [0.3, 0.4) is 0 Å². The van der Waals surface area contributed by atoms with Crippen LogP contribution in [0.25, 0.3) is 12.2 Å². The second-order valence-electron chi connectivity index (χ2n) is 13.4. The van der Waals surface area contributed by atoms with Gasteiger partial charge in [0.15, 0.2) is 0 Å². The summed E-state index contributed by atoms with van der Waals surface area (Å²) in [5.74, 6) is -0.365. The van der Waals surface area contributed by atoms with Crippen molar-refractivity contribution >= 4 is 45.9 Å². The van der Waals surface area contributed by atoms with Crippen molar-refractivity contribution in [1.82, 2.24) is 0 Å². The van der Waals surface area contributed by atoms with Gasteiger partial charge in [0.05, 0.1) is 36.2 Å². The average Bonchev–Trinajstić information content (AvgIpc) is 3.27. The topological polar surface area (TPSA) is 158 Å². The van der Waals surface area contributed by atoms with Crippen molar-refractivity contribution < 1.29 is 56.0 Å². The zero-order valence-electron chi connectivity index (χ0n) is 33.9. The average molecular weight is 851 g/mol. The molecule has 0 amide bonds. The van der Waals surface area contributed by atoms with E-state index in [0.717, 1.165) is 74.6 Å². The van der Waals surface area contributed by atoms with Gasteiger partial charge in [-0.15, -0.1) is 0 Å². The molecule has 0 spiro atoms. The van der Waals surface area contributed by atoms with Crippen LogP contribution in [0, 0.1) is 0 Å². The zero-order chi connectivity index (χ0) is 43.7. The van der Waals surface area contributed by atoms with Gasteiger partial charge in [-0.05, 0) is 147 Å². The number of carbonyl (C=O) groups is 4. The lowest BCUT2D eigenvalue weighted by molar-refractivity contribution is -0.138. The molecule has 0 bridgehead atoms. The highest BCUT2D eigenvalue weighted by Gasteiger charge is 2.18. The van der Waals surface area contributed by atoms with E-state index in [1.54, 1.807) is 36.4 Å². The summed E-state index contributed by atoms with van der Waals surface area (Å²) in [6.45, 7) is 8.59. The van der Waals surface area contributed by atoms with E-state index in [1.165, 1.54) is 60.7 Å². The summed E-state index contributed by atoms with van der Waals surface area (Å²) in [5, 5.41) is 0. The Kier molecular flexibility index (Phi) is 19.8. The normalized spacial score (nSPS) is 11.1. The van der Waals surface area contributed by atoms with Crippen LogP contribution in [0.15, 0.2) is 144 Å². The maximum absolute atomic E-state index is 13.3. The molecule has 4 rings (SSSR count). The third-order valence-corrected chi connectivity index (χ3v) is 10.5. The van der Waals surface area contributed by atoms with Crippen molar-refractivity contribution in [2.75, 3.05) is 26.4 Å². The first-order valence-electron chi connectivity index (χ1n) is 19.8. The minimum Gasteiger partial charge on any atom is -0.494 e. The van der Waals surface area contributed by atoms with Crippen LogP contribution < -0.4 is 18.9 Å². The second-order valence-corrected chi connectivity index (χ2v) is 15.3. The van der Waals surface area contributed by atoms with Crippen molar-refractivity contribution in [3.05, 3.63) is 146 Å². The fourth-order valence-corrected chi connectivity index (χ4v) is 6.71. The first kappa shape index (κ1) is 47.0. The van der Waals surface area contributed by atoms with E-state index in [1.807, 2.05) is 24.3 Å². The maximum Gasteiger partial charge on any atom is 0.336 e. The molecule has 4 aromatic carbocycles. The lowest BCUT2D eigenvalue weighted by Crippen LogP contribution is -2.06. The molecule has 0 aromatic heterocycles. The van der Waals surface area contributed by atoms with E-state index in [9.17, 15) is 27.6 Å². The first-order valence-corrected chi connectivity index (χ1v) is 21.3. The number of benzene rings is 4. The zero-order valence-corrected chi connectivity index (χ0v) is 34.7. The van der Waals surface area contributed by atoms with Crippen LogP contribution in [0.2, 0.25) is 0 Å². The molecule has 0 radical (unpaired) electrons. The van der Waals surface area contributed by atoms with E-state index >= 15 is 0 Å². The molecule has 0 fully saturated rings. The van der Waals surface area contributed by atoms with Gasteiger partial charge in [-0.25, -0.2) is 27.6 Å². The third-order valence-electron chi connectivity index (χ3n) is 8.73. The highest BCUT2D eigenvalue weighted by atomic mass is 32.2. The predicted octanol–water partition coefficient (Wildman–Crippen LogP) is 9.09. The van der Waals surface area contributed by atoms with E-state index < -0.39 is 33.7 Å². The van der Waals surface area contributed by atoms with Crippen LogP contribution in [-0.4, -0.2) is 58.7 Å². The summed E-state index contributed by atoms with van der Waals surface area (Å²) in [6, 6.07) is 25.4. The van der Waals surface area contributed by atoms with Crippen molar-refractivity contribution in [2.24, 2.45) is 0 Å². The Morgan fingerprint density at radius 3 is 1.10 bits per heavy atom. The van der Waals surface area contributed by atoms with E-state index in [-0.39, 0.29) is 21.3 Å². The smallest absolute Gasteiger partial charge is 0.336 e. The molecule has 0 N–H and O–H groups in total. The van der Waals surface area contributed by atoms with Crippen molar-refractivity contribution in [3.8, 4) is 23.0 Å². The molecule has 0 heterocycles. The summed E-state index contributed by atoms with van der Waals surface area (Å²) >= 11 is 0. The van der Waals surface area contributed by atoms with E-state index in [4.69, 9.17) is 28.4 Å². The Morgan fingerprint density at radius 1 is 0.426 bits per heavy atom. The van der Waals surface area contributed by atoms with Gasteiger partial charge in [-0.3, -0.25) is 0 Å². The van der Waals surface area contributed by atoms with Crippen molar-refractivity contribution in [2.45, 2.75) is 61.2 Å². The van der Waals surface area contributed by atoms with Gasteiger partial charge in [0.1, 0.15) is 23.0 Å². The Hall–Kier alpha value is -6.73. The van der Waals surface area contributed by atoms with Gasteiger partial charge < -0.3 is 28.4 Å². The van der Waals surface area contributed by atoms with Crippen molar-refractivity contribution in [1.29, 1.82) is 0 Å². The molecule has 0 saturated heterocycles. The molecule has 12 nitrogen and oxygen atoms in total. The molecular weight excluding hydrogens is 801 g/mol. The van der Waals surface area contributed by atoms with Crippen LogP contribution in [0.1, 0.15) is 62.5 Å². The SMILES string of the molecule is C=CC(=O)OCCCCCCOc1ccc(C=CC(=O)Oc2ccc(S(=O)(=O)c3ccc(OC(=O)C=Cc4ccc(OCCCCCCOC(=O)C=C)cc4)cc3)cc2)cc1. The minimum atomic E-state index is -3.93. The Balaban J connectivity index is 1.15. The highest BCUT2D eigenvalue weighted by molar-refractivity contribution is 7.91. The summed E-state index contributed by atoms with van der Waals surface area (Å²) < 4.78 is 58.7. The molecule has 0 aliphatic heterocycles. The largest absolute Gasteiger partial charge is 0.494 e. The Labute approximate surface area is 357 Å². The summed E-state index contributed by atoms with van der Waals surface area (Å²) in [7, 11) is -3.93. The van der Waals surface area contributed by atoms with Crippen LogP contribution in [0.5, 0.6) is 23.0 Å². The quantitative estimate of drug-likeness (QED) is 0.0256. The molecular formula is C48H50O12S. The Bertz CT molecular complexity index is 2050. The highest BCUT2D eigenvalue weighted by Crippen LogP contribution is 2.25. The first-order chi connectivity index (χ1) is 29.5. The van der Waals surface area contributed by atoms with E-state index in [2.05, 4.69) is 13.2 Å². The molecule has 0 saturated carbocycles. The number of carbonyl (C=O) groups excluding carboxylic acids is 4. The molecule has 0 unspecified atom stereocenters.